The minimum absolute atomic E-state index is 0. The van der Waals surface area contributed by atoms with Crippen LogP contribution in [0.4, 0.5) is 5.13 Å². The van der Waals surface area contributed by atoms with Crippen molar-refractivity contribution in [2.45, 2.75) is 38.6 Å². The van der Waals surface area contributed by atoms with Gasteiger partial charge in [-0.1, -0.05) is 48.6 Å². The Kier molecular flexibility index (Phi) is 10.9. The van der Waals surface area contributed by atoms with Crippen molar-refractivity contribution in [2.75, 3.05) is 38.6 Å². The number of hydrogen-bond acceptors (Lipinski definition) is 6. The number of carbonyl (C=O) groups excluding carboxylic acids is 1. The smallest absolute Gasteiger partial charge is 0.260 e. The van der Waals surface area contributed by atoms with E-state index in [0.717, 1.165) is 34.3 Å². The van der Waals surface area contributed by atoms with Gasteiger partial charge in [-0.15, -0.1) is 12.4 Å². The van der Waals surface area contributed by atoms with Crippen molar-refractivity contribution in [3.05, 3.63) is 89.0 Å². The molecule has 0 atom stereocenters. The van der Waals surface area contributed by atoms with Crippen LogP contribution in [0.15, 0.2) is 71.6 Å². The Labute approximate surface area is 247 Å². The topological polar surface area (TPSA) is 73.8 Å². The van der Waals surface area contributed by atoms with Crippen molar-refractivity contribution in [3.8, 4) is 0 Å². The SMILES string of the molecule is CCN(Cc1ccccc1)S(=O)(=O)c1ccc(C(=O)N(CCCN(C)C)c2nc3cc(C)c(C)cc3s2)cc1.Cl. The van der Waals surface area contributed by atoms with Gasteiger partial charge in [-0.2, -0.15) is 4.31 Å². The van der Waals surface area contributed by atoms with Crippen LogP contribution in [-0.2, 0) is 16.6 Å². The van der Waals surface area contributed by atoms with Crippen molar-refractivity contribution < 1.29 is 13.2 Å². The van der Waals surface area contributed by atoms with Gasteiger partial charge in [0.15, 0.2) is 5.13 Å². The predicted octanol–water partition coefficient (Wildman–Crippen LogP) is 6.14. The fourth-order valence-electron chi connectivity index (χ4n) is 4.34. The molecule has 4 rings (SSSR count). The molecule has 0 saturated heterocycles. The van der Waals surface area contributed by atoms with Crippen LogP contribution >= 0.6 is 23.7 Å². The second kappa shape index (κ2) is 13.7. The fraction of sp³-hybridized carbons (Fsp3) is 0.333. The second-order valence-electron chi connectivity index (χ2n) is 9.96. The fourth-order valence-corrected chi connectivity index (χ4v) is 6.85. The van der Waals surface area contributed by atoms with Gasteiger partial charge in [-0.25, -0.2) is 13.4 Å². The first-order valence-corrected chi connectivity index (χ1v) is 15.3. The van der Waals surface area contributed by atoms with Crippen LogP contribution in [0.2, 0.25) is 0 Å². The molecule has 40 heavy (non-hydrogen) atoms. The maximum absolute atomic E-state index is 13.7. The molecule has 1 amide bonds. The van der Waals surface area contributed by atoms with Crippen LogP contribution in [0.5, 0.6) is 0 Å². The van der Waals surface area contributed by atoms with Crippen molar-refractivity contribution in [3.63, 3.8) is 0 Å². The molecule has 0 bridgehead atoms. The number of thiazole rings is 1. The first-order valence-electron chi connectivity index (χ1n) is 13.1. The summed E-state index contributed by atoms with van der Waals surface area (Å²) in [6.07, 6.45) is 0.782. The summed E-state index contributed by atoms with van der Waals surface area (Å²) in [5.41, 5.74) is 4.58. The molecule has 7 nitrogen and oxygen atoms in total. The summed E-state index contributed by atoms with van der Waals surface area (Å²) in [7, 11) is 0.291. The molecule has 0 aliphatic heterocycles. The Morgan fingerprint density at radius 1 is 0.925 bits per heavy atom. The Hall–Kier alpha value is -2.82. The van der Waals surface area contributed by atoms with Gasteiger partial charge >= 0.3 is 0 Å². The number of aromatic nitrogens is 1. The first kappa shape index (κ1) is 31.7. The third-order valence-electron chi connectivity index (χ3n) is 6.75. The minimum Gasteiger partial charge on any atom is -0.309 e. The van der Waals surface area contributed by atoms with Crippen LogP contribution in [0.1, 0.15) is 40.4 Å². The highest BCUT2D eigenvalue weighted by Gasteiger charge is 2.25. The lowest BCUT2D eigenvalue weighted by Crippen LogP contribution is -2.33. The van der Waals surface area contributed by atoms with E-state index in [9.17, 15) is 13.2 Å². The molecule has 0 aliphatic rings. The molecular formula is C30H37ClN4O3S2. The minimum atomic E-state index is -3.72. The van der Waals surface area contributed by atoms with Crippen LogP contribution in [0.25, 0.3) is 10.2 Å². The van der Waals surface area contributed by atoms with Crippen LogP contribution in [0.3, 0.4) is 0 Å². The van der Waals surface area contributed by atoms with Crippen LogP contribution in [-0.4, -0.2) is 62.2 Å². The van der Waals surface area contributed by atoms with E-state index in [1.54, 1.807) is 17.0 Å². The molecule has 0 fully saturated rings. The molecule has 4 aromatic rings. The zero-order valence-electron chi connectivity index (χ0n) is 23.6. The van der Waals surface area contributed by atoms with Gasteiger partial charge in [0.2, 0.25) is 10.0 Å². The van der Waals surface area contributed by atoms with Gasteiger partial charge < -0.3 is 4.90 Å². The Morgan fingerprint density at radius 3 is 2.20 bits per heavy atom. The molecule has 0 N–H and O–H groups in total. The Bertz CT molecular complexity index is 1500. The van der Waals surface area contributed by atoms with E-state index in [1.807, 2.05) is 51.4 Å². The number of nitrogens with zero attached hydrogens (tertiary/aromatic N) is 4. The number of aryl methyl sites for hydroxylation is 2. The summed E-state index contributed by atoms with van der Waals surface area (Å²) in [5, 5.41) is 0.649. The average Bonchev–Trinajstić information content (AvgIpc) is 3.32. The average molecular weight is 601 g/mol. The van der Waals surface area contributed by atoms with E-state index in [4.69, 9.17) is 4.98 Å². The lowest BCUT2D eigenvalue weighted by atomic mass is 10.1. The van der Waals surface area contributed by atoms with E-state index < -0.39 is 10.0 Å². The number of hydrogen-bond donors (Lipinski definition) is 0. The number of fused-ring (bicyclic) bond motifs is 1. The standard InChI is InChI=1S/C30H36N4O3S2.ClH/c1-6-33(21-24-11-8-7-9-12-24)39(36,37)26-15-13-25(14-16-26)29(35)34(18-10-17-32(4)5)30-31-27-19-22(2)23(3)20-28(27)38-30;/h7-9,11-16,19-20H,6,10,17-18,21H2,1-5H3;1H. The molecule has 1 heterocycles. The lowest BCUT2D eigenvalue weighted by molar-refractivity contribution is 0.0986. The number of rotatable bonds is 11. The van der Waals surface area contributed by atoms with Gasteiger partial charge in [0.05, 0.1) is 15.1 Å². The quantitative estimate of drug-likeness (QED) is 0.207. The summed E-state index contributed by atoms with van der Waals surface area (Å²) < 4.78 is 29.2. The number of anilines is 1. The summed E-state index contributed by atoms with van der Waals surface area (Å²) in [6.45, 7) is 7.93. The highest BCUT2D eigenvalue weighted by molar-refractivity contribution is 7.89. The zero-order chi connectivity index (χ0) is 28.2. The summed E-state index contributed by atoms with van der Waals surface area (Å²) in [6, 6.07) is 20.0. The van der Waals surface area contributed by atoms with Crippen LogP contribution < -0.4 is 4.90 Å². The zero-order valence-corrected chi connectivity index (χ0v) is 26.1. The third kappa shape index (κ3) is 7.27. The largest absolute Gasteiger partial charge is 0.309 e. The summed E-state index contributed by atoms with van der Waals surface area (Å²) >= 11 is 1.50. The molecular weight excluding hydrogens is 564 g/mol. The Morgan fingerprint density at radius 2 is 1.57 bits per heavy atom. The monoisotopic (exact) mass is 600 g/mol. The van der Waals surface area contributed by atoms with Crippen molar-refractivity contribution in [2.24, 2.45) is 0 Å². The molecule has 10 heteroatoms. The number of halogens is 1. The number of carbonyl (C=O) groups is 1. The summed E-state index contributed by atoms with van der Waals surface area (Å²) in [5.74, 6) is -0.193. The van der Waals surface area contributed by atoms with Crippen molar-refractivity contribution >= 4 is 55.0 Å². The molecule has 0 aliphatic carbocycles. The third-order valence-corrected chi connectivity index (χ3v) is 9.73. The van der Waals surface area contributed by atoms with Gasteiger partial charge in [0, 0.05) is 25.2 Å². The molecule has 0 saturated carbocycles. The van der Waals surface area contributed by atoms with Gasteiger partial charge in [-0.05, 0) is 94.0 Å². The van der Waals surface area contributed by atoms with E-state index in [1.165, 1.54) is 33.3 Å². The molecule has 0 spiro atoms. The van der Waals surface area contributed by atoms with Gasteiger partial charge in [0.25, 0.3) is 5.91 Å². The molecule has 3 aromatic carbocycles. The predicted molar refractivity (Wildman–Crippen MR) is 167 cm³/mol. The van der Waals surface area contributed by atoms with Gasteiger partial charge in [-0.3, -0.25) is 9.69 Å². The number of amides is 1. The van der Waals surface area contributed by atoms with Crippen LogP contribution in [0, 0.1) is 13.8 Å². The first-order chi connectivity index (χ1) is 18.6. The number of sulfonamides is 1. The molecule has 214 valence electrons. The molecule has 0 radical (unpaired) electrons. The lowest BCUT2D eigenvalue weighted by Gasteiger charge is -2.22. The highest BCUT2D eigenvalue weighted by atomic mass is 35.5. The summed E-state index contributed by atoms with van der Waals surface area (Å²) in [4.78, 5) is 22.5. The van der Waals surface area contributed by atoms with E-state index in [2.05, 4.69) is 30.9 Å². The van der Waals surface area contributed by atoms with Gasteiger partial charge in [0.1, 0.15) is 0 Å². The normalized spacial score (nSPS) is 11.7. The van der Waals surface area contributed by atoms with E-state index in [0.29, 0.717) is 23.8 Å². The molecule has 0 unspecified atom stereocenters. The van der Waals surface area contributed by atoms with E-state index in [-0.39, 0.29) is 29.8 Å². The van der Waals surface area contributed by atoms with E-state index >= 15 is 0 Å². The second-order valence-corrected chi connectivity index (χ2v) is 12.9. The van der Waals surface area contributed by atoms with Crippen molar-refractivity contribution in [1.82, 2.24) is 14.2 Å². The Balaban J connectivity index is 0.00000441. The molecule has 1 aromatic heterocycles. The highest BCUT2D eigenvalue weighted by Crippen LogP contribution is 2.32. The maximum atomic E-state index is 13.7. The van der Waals surface area contributed by atoms with Crippen molar-refractivity contribution in [1.29, 1.82) is 0 Å². The number of benzene rings is 3. The maximum Gasteiger partial charge on any atom is 0.260 e.